The zero-order chi connectivity index (χ0) is 12.4. The lowest BCUT2D eigenvalue weighted by Crippen LogP contribution is -2.07. The molecule has 0 spiro atoms. The number of nitrogens with zero attached hydrogens (tertiary/aromatic N) is 2. The van der Waals surface area contributed by atoms with E-state index in [1.807, 2.05) is 38.3 Å². The second kappa shape index (κ2) is 4.75. The second-order valence-electron chi connectivity index (χ2n) is 4.04. The van der Waals surface area contributed by atoms with Crippen molar-refractivity contribution >= 4 is 17.1 Å². The standard InChI is InChI=1S/C13H14N2OS/c1-8-4-5-12(9(2)14-8)13(16)6-11-7-17-10(3)15-11/h4-5,7H,6H2,1-3H3. The van der Waals surface area contributed by atoms with Gasteiger partial charge in [-0.1, -0.05) is 0 Å². The highest BCUT2D eigenvalue weighted by Crippen LogP contribution is 2.13. The summed E-state index contributed by atoms with van der Waals surface area (Å²) in [6.45, 7) is 5.73. The van der Waals surface area contributed by atoms with Crippen molar-refractivity contribution in [3.63, 3.8) is 0 Å². The molecule has 0 aliphatic heterocycles. The van der Waals surface area contributed by atoms with Crippen LogP contribution in [0.4, 0.5) is 0 Å². The number of aryl methyl sites for hydroxylation is 3. The molecule has 0 aliphatic rings. The molecule has 0 atom stereocenters. The Morgan fingerprint density at radius 3 is 2.59 bits per heavy atom. The van der Waals surface area contributed by atoms with Crippen molar-refractivity contribution in [2.45, 2.75) is 27.2 Å². The molecule has 0 saturated heterocycles. The van der Waals surface area contributed by atoms with Crippen LogP contribution in [-0.4, -0.2) is 15.8 Å². The molecule has 0 amide bonds. The Balaban J connectivity index is 2.20. The summed E-state index contributed by atoms with van der Waals surface area (Å²) >= 11 is 1.57. The average molecular weight is 246 g/mol. The van der Waals surface area contributed by atoms with Crippen molar-refractivity contribution in [1.29, 1.82) is 0 Å². The summed E-state index contributed by atoms with van der Waals surface area (Å²) in [7, 11) is 0. The number of hydrogen-bond acceptors (Lipinski definition) is 4. The molecule has 0 saturated carbocycles. The van der Waals surface area contributed by atoms with Gasteiger partial charge in [0.1, 0.15) is 0 Å². The van der Waals surface area contributed by atoms with E-state index >= 15 is 0 Å². The summed E-state index contributed by atoms with van der Waals surface area (Å²) in [5.74, 6) is 0.0836. The van der Waals surface area contributed by atoms with Crippen LogP contribution in [0.15, 0.2) is 17.5 Å². The summed E-state index contributed by atoms with van der Waals surface area (Å²) < 4.78 is 0. The summed E-state index contributed by atoms with van der Waals surface area (Å²) in [6, 6.07) is 3.71. The predicted molar refractivity (Wildman–Crippen MR) is 68.6 cm³/mol. The summed E-state index contributed by atoms with van der Waals surface area (Å²) in [5, 5.41) is 2.93. The highest BCUT2D eigenvalue weighted by atomic mass is 32.1. The Morgan fingerprint density at radius 2 is 2.00 bits per heavy atom. The number of hydrogen-bond donors (Lipinski definition) is 0. The van der Waals surface area contributed by atoms with Crippen molar-refractivity contribution in [2.75, 3.05) is 0 Å². The van der Waals surface area contributed by atoms with Crippen LogP contribution < -0.4 is 0 Å². The first-order valence-electron chi connectivity index (χ1n) is 5.44. The molecule has 17 heavy (non-hydrogen) atoms. The Morgan fingerprint density at radius 1 is 1.24 bits per heavy atom. The first kappa shape index (κ1) is 11.9. The molecule has 0 radical (unpaired) electrons. The van der Waals surface area contributed by atoms with Crippen LogP contribution in [0.5, 0.6) is 0 Å². The predicted octanol–water partition coefficient (Wildman–Crippen LogP) is 2.89. The maximum atomic E-state index is 12.1. The SMILES string of the molecule is Cc1ccc(C(=O)Cc2csc(C)n2)c(C)n1. The molecule has 2 aromatic rings. The number of rotatable bonds is 3. The monoisotopic (exact) mass is 246 g/mol. The number of thiazole rings is 1. The lowest BCUT2D eigenvalue weighted by molar-refractivity contribution is 0.0991. The van der Waals surface area contributed by atoms with Crippen LogP contribution in [-0.2, 0) is 6.42 Å². The normalized spacial score (nSPS) is 10.5. The smallest absolute Gasteiger partial charge is 0.170 e. The minimum absolute atomic E-state index is 0.0836. The molecular weight excluding hydrogens is 232 g/mol. The Labute approximate surface area is 105 Å². The lowest BCUT2D eigenvalue weighted by atomic mass is 10.1. The third-order valence-corrected chi connectivity index (χ3v) is 3.36. The van der Waals surface area contributed by atoms with Gasteiger partial charge in [0.05, 0.1) is 17.1 Å². The van der Waals surface area contributed by atoms with Gasteiger partial charge >= 0.3 is 0 Å². The fourth-order valence-electron chi connectivity index (χ4n) is 1.73. The number of carbonyl (C=O) groups is 1. The fraction of sp³-hybridized carbons (Fsp3) is 0.308. The van der Waals surface area contributed by atoms with E-state index in [1.165, 1.54) is 0 Å². The highest BCUT2D eigenvalue weighted by molar-refractivity contribution is 7.09. The van der Waals surface area contributed by atoms with Crippen LogP contribution >= 0.6 is 11.3 Å². The van der Waals surface area contributed by atoms with Gasteiger partial charge < -0.3 is 0 Å². The largest absolute Gasteiger partial charge is 0.294 e. The van der Waals surface area contributed by atoms with Gasteiger partial charge in [0, 0.05) is 22.3 Å². The van der Waals surface area contributed by atoms with E-state index in [-0.39, 0.29) is 5.78 Å². The van der Waals surface area contributed by atoms with Crippen LogP contribution in [0, 0.1) is 20.8 Å². The molecule has 3 nitrogen and oxygen atoms in total. The molecule has 88 valence electrons. The molecular formula is C13H14N2OS. The van der Waals surface area contributed by atoms with Crippen LogP contribution in [0.25, 0.3) is 0 Å². The topological polar surface area (TPSA) is 42.9 Å². The minimum atomic E-state index is 0.0836. The molecule has 0 aromatic carbocycles. The van der Waals surface area contributed by atoms with E-state index in [9.17, 15) is 4.79 Å². The molecule has 2 heterocycles. The summed E-state index contributed by atoms with van der Waals surface area (Å²) in [6.07, 6.45) is 0.357. The number of carbonyl (C=O) groups excluding carboxylic acids is 1. The van der Waals surface area contributed by atoms with Crippen LogP contribution in [0.3, 0.4) is 0 Å². The maximum Gasteiger partial charge on any atom is 0.170 e. The van der Waals surface area contributed by atoms with Gasteiger partial charge in [-0.05, 0) is 32.9 Å². The van der Waals surface area contributed by atoms with Crippen molar-refractivity contribution in [3.8, 4) is 0 Å². The third kappa shape index (κ3) is 2.77. The van der Waals surface area contributed by atoms with E-state index in [4.69, 9.17) is 0 Å². The minimum Gasteiger partial charge on any atom is -0.294 e. The fourth-order valence-corrected chi connectivity index (χ4v) is 2.34. The molecule has 2 aromatic heterocycles. The number of pyridine rings is 1. The summed E-state index contributed by atoms with van der Waals surface area (Å²) in [4.78, 5) is 20.7. The van der Waals surface area contributed by atoms with Crippen LogP contribution in [0.1, 0.15) is 32.4 Å². The van der Waals surface area contributed by atoms with Gasteiger partial charge in [0.25, 0.3) is 0 Å². The highest BCUT2D eigenvalue weighted by Gasteiger charge is 2.12. The van der Waals surface area contributed by atoms with Gasteiger partial charge in [-0.15, -0.1) is 11.3 Å². The third-order valence-electron chi connectivity index (χ3n) is 2.53. The Kier molecular flexibility index (Phi) is 3.33. The van der Waals surface area contributed by atoms with E-state index in [0.29, 0.717) is 12.0 Å². The lowest BCUT2D eigenvalue weighted by Gasteiger charge is -2.03. The average Bonchev–Trinajstić information content (AvgIpc) is 2.63. The van der Waals surface area contributed by atoms with Crippen molar-refractivity contribution in [1.82, 2.24) is 9.97 Å². The zero-order valence-electron chi connectivity index (χ0n) is 10.2. The first-order chi connectivity index (χ1) is 8.06. The molecule has 0 bridgehead atoms. The first-order valence-corrected chi connectivity index (χ1v) is 6.32. The number of aromatic nitrogens is 2. The van der Waals surface area contributed by atoms with Crippen molar-refractivity contribution in [2.24, 2.45) is 0 Å². The van der Waals surface area contributed by atoms with E-state index in [1.54, 1.807) is 11.3 Å². The maximum absolute atomic E-state index is 12.1. The van der Waals surface area contributed by atoms with Gasteiger partial charge in [-0.25, -0.2) is 4.98 Å². The number of Topliss-reactive ketones (excluding diaryl/α,β-unsaturated/α-hetero) is 1. The molecule has 4 heteroatoms. The van der Waals surface area contributed by atoms with Gasteiger partial charge in [-0.3, -0.25) is 9.78 Å². The van der Waals surface area contributed by atoms with E-state index in [0.717, 1.165) is 22.1 Å². The Bertz CT molecular complexity index is 560. The quantitative estimate of drug-likeness (QED) is 0.782. The van der Waals surface area contributed by atoms with Gasteiger partial charge in [0.15, 0.2) is 5.78 Å². The van der Waals surface area contributed by atoms with Crippen LogP contribution in [0.2, 0.25) is 0 Å². The second-order valence-corrected chi connectivity index (χ2v) is 5.11. The molecule has 0 fully saturated rings. The Hall–Kier alpha value is -1.55. The van der Waals surface area contributed by atoms with Gasteiger partial charge in [-0.2, -0.15) is 0 Å². The van der Waals surface area contributed by atoms with Crippen molar-refractivity contribution in [3.05, 3.63) is 45.2 Å². The number of ketones is 1. The van der Waals surface area contributed by atoms with E-state index < -0.39 is 0 Å². The van der Waals surface area contributed by atoms with Gasteiger partial charge in [0.2, 0.25) is 0 Å². The molecule has 0 unspecified atom stereocenters. The molecule has 0 aliphatic carbocycles. The van der Waals surface area contributed by atoms with E-state index in [2.05, 4.69) is 9.97 Å². The molecule has 2 rings (SSSR count). The zero-order valence-corrected chi connectivity index (χ0v) is 11.0. The molecule has 0 N–H and O–H groups in total. The van der Waals surface area contributed by atoms with Crippen molar-refractivity contribution < 1.29 is 4.79 Å². The summed E-state index contributed by atoms with van der Waals surface area (Å²) in [5.41, 5.74) is 3.27.